The first kappa shape index (κ1) is 21.8. The molecule has 158 valence electrons. The zero-order valence-corrected chi connectivity index (χ0v) is 18.9. The topological polar surface area (TPSA) is 73.8 Å². The second-order valence-electron chi connectivity index (χ2n) is 7.56. The van der Waals surface area contributed by atoms with Gasteiger partial charge >= 0.3 is 0 Å². The highest BCUT2D eigenvalue weighted by molar-refractivity contribution is 7.89. The Hall–Kier alpha value is -1.90. The molecule has 0 spiro atoms. The maximum Gasteiger partial charge on any atom is 0.243 e. The van der Waals surface area contributed by atoms with Gasteiger partial charge in [-0.25, -0.2) is 8.42 Å². The number of hydrogen-bond acceptors (Lipinski definition) is 4. The van der Waals surface area contributed by atoms with Gasteiger partial charge in [0, 0.05) is 31.6 Å². The number of guanidine groups is 1. The predicted molar refractivity (Wildman–Crippen MR) is 120 cm³/mol. The van der Waals surface area contributed by atoms with Gasteiger partial charge in [0.05, 0.1) is 11.4 Å². The number of aryl methyl sites for hydroxylation is 1. The summed E-state index contributed by atoms with van der Waals surface area (Å²) in [4.78, 5) is 5.91. The minimum atomic E-state index is -3.41. The number of sulfonamides is 1. The van der Waals surface area contributed by atoms with Crippen LogP contribution in [-0.2, 0) is 23.1 Å². The Kier molecular flexibility index (Phi) is 7.32. The van der Waals surface area contributed by atoms with E-state index in [0.29, 0.717) is 30.4 Å². The number of nitrogens with one attached hydrogen (secondary N) is 2. The third-order valence-corrected chi connectivity index (χ3v) is 8.15. The molecule has 1 aliphatic rings. The minimum Gasteiger partial charge on any atom is -0.352 e. The summed E-state index contributed by atoms with van der Waals surface area (Å²) in [6.07, 6.45) is 2.03. The van der Waals surface area contributed by atoms with Crippen LogP contribution in [0.1, 0.15) is 35.8 Å². The van der Waals surface area contributed by atoms with Crippen molar-refractivity contribution in [1.29, 1.82) is 0 Å². The number of aliphatic imine (C=N–C) groups is 1. The first-order valence-corrected chi connectivity index (χ1v) is 12.3. The summed E-state index contributed by atoms with van der Waals surface area (Å²) in [6.45, 7) is 6.73. The monoisotopic (exact) mass is 434 g/mol. The van der Waals surface area contributed by atoms with E-state index < -0.39 is 10.0 Å². The molecule has 1 unspecified atom stereocenters. The second-order valence-corrected chi connectivity index (χ2v) is 10.5. The predicted octanol–water partition coefficient (Wildman–Crippen LogP) is 3.34. The highest BCUT2D eigenvalue weighted by Crippen LogP contribution is 2.23. The Labute approximate surface area is 178 Å². The van der Waals surface area contributed by atoms with Gasteiger partial charge in [0.25, 0.3) is 0 Å². The Morgan fingerprint density at radius 1 is 1.21 bits per heavy atom. The number of benzene rings is 1. The van der Waals surface area contributed by atoms with Crippen LogP contribution in [0.25, 0.3) is 0 Å². The lowest BCUT2D eigenvalue weighted by molar-refractivity contribution is 0.281. The van der Waals surface area contributed by atoms with E-state index in [1.54, 1.807) is 34.8 Å². The van der Waals surface area contributed by atoms with Crippen LogP contribution in [0, 0.1) is 12.8 Å². The summed E-state index contributed by atoms with van der Waals surface area (Å²) in [6, 6.07) is 9.25. The molecule has 1 atom stereocenters. The van der Waals surface area contributed by atoms with Crippen molar-refractivity contribution in [1.82, 2.24) is 14.9 Å². The van der Waals surface area contributed by atoms with E-state index in [1.807, 2.05) is 12.1 Å². The molecule has 29 heavy (non-hydrogen) atoms. The number of piperidine rings is 1. The largest absolute Gasteiger partial charge is 0.352 e. The molecule has 0 bridgehead atoms. The number of thiophene rings is 1. The standard InChI is InChI=1S/C21H30N4O2S2/c1-16-5-4-11-25(15-16)29(26,27)19-8-6-18(7-9-19)13-23-21(22-3)24-14-20-17(2)10-12-28-20/h6-10,12,16H,4-5,11,13-15H2,1-3H3,(H2,22,23,24). The van der Waals surface area contributed by atoms with Gasteiger partial charge in [0.15, 0.2) is 5.96 Å². The maximum absolute atomic E-state index is 12.9. The summed E-state index contributed by atoms with van der Waals surface area (Å²) < 4.78 is 27.3. The number of nitrogens with zero attached hydrogens (tertiary/aromatic N) is 2. The minimum absolute atomic E-state index is 0.367. The SMILES string of the molecule is CN=C(NCc1ccc(S(=O)(=O)N2CCCC(C)C2)cc1)NCc1sccc1C. The van der Waals surface area contributed by atoms with Gasteiger partial charge in [-0.1, -0.05) is 19.1 Å². The molecule has 3 rings (SSSR count). The highest BCUT2D eigenvalue weighted by atomic mass is 32.2. The molecule has 1 saturated heterocycles. The van der Waals surface area contributed by atoms with Gasteiger partial charge in [0.1, 0.15) is 0 Å². The van der Waals surface area contributed by atoms with E-state index in [4.69, 9.17) is 0 Å². The van der Waals surface area contributed by atoms with Crippen LogP contribution in [0.15, 0.2) is 45.6 Å². The van der Waals surface area contributed by atoms with Crippen molar-refractivity contribution in [3.63, 3.8) is 0 Å². The average Bonchev–Trinajstić information content (AvgIpc) is 3.13. The van der Waals surface area contributed by atoms with Crippen molar-refractivity contribution in [3.05, 3.63) is 51.7 Å². The summed E-state index contributed by atoms with van der Waals surface area (Å²) in [5.41, 5.74) is 2.28. The van der Waals surface area contributed by atoms with Crippen LogP contribution in [0.2, 0.25) is 0 Å². The molecular weight excluding hydrogens is 404 g/mol. The van der Waals surface area contributed by atoms with Crippen molar-refractivity contribution >= 4 is 27.3 Å². The Morgan fingerprint density at radius 3 is 2.55 bits per heavy atom. The Balaban J connectivity index is 1.56. The molecular formula is C21H30N4O2S2. The third-order valence-electron chi connectivity index (χ3n) is 5.25. The fourth-order valence-corrected chi connectivity index (χ4v) is 5.89. The third kappa shape index (κ3) is 5.58. The molecule has 0 radical (unpaired) electrons. The Morgan fingerprint density at radius 2 is 1.93 bits per heavy atom. The molecule has 1 aromatic carbocycles. The zero-order valence-electron chi connectivity index (χ0n) is 17.3. The molecule has 6 nitrogen and oxygen atoms in total. The molecule has 2 heterocycles. The van der Waals surface area contributed by atoms with Gasteiger partial charge in [0.2, 0.25) is 10.0 Å². The quantitative estimate of drug-likeness (QED) is 0.540. The fourth-order valence-electron chi connectivity index (χ4n) is 3.45. The highest BCUT2D eigenvalue weighted by Gasteiger charge is 2.28. The fraction of sp³-hybridized carbons (Fsp3) is 0.476. The second kappa shape index (κ2) is 9.73. The van der Waals surface area contributed by atoms with E-state index in [0.717, 1.165) is 30.9 Å². The van der Waals surface area contributed by atoms with Crippen molar-refractivity contribution in [2.75, 3.05) is 20.1 Å². The first-order valence-electron chi connectivity index (χ1n) is 9.96. The normalized spacial score (nSPS) is 18.6. The number of rotatable bonds is 6. The summed E-state index contributed by atoms with van der Waals surface area (Å²) >= 11 is 1.73. The lowest BCUT2D eigenvalue weighted by atomic mass is 10.0. The lowest BCUT2D eigenvalue weighted by Crippen LogP contribution is -2.39. The molecule has 0 aliphatic carbocycles. The van der Waals surface area contributed by atoms with Gasteiger partial charge in [-0.05, 0) is 60.4 Å². The van der Waals surface area contributed by atoms with Crippen LogP contribution >= 0.6 is 11.3 Å². The summed E-state index contributed by atoms with van der Waals surface area (Å²) in [7, 11) is -1.67. The van der Waals surface area contributed by atoms with Crippen LogP contribution in [0.4, 0.5) is 0 Å². The number of hydrogen-bond donors (Lipinski definition) is 2. The van der Waals surface area contributed by atoms with Crippen molar-refractivity contribution in [2.24, 2.45) is 10.9 Å². The van der Waals surface area contributed by atoms with Crippen LogP contribution in [0.3, 0.4) is 0 Å². The Bertz CT molecular complexity index is 936. The van der Waals surface area contributed by atoms with E-state index in [2.05, 4.69) is 40.9 Å². The van der Waals surface area contributed by atoms with E-state index in [9.17, 15) is 8.42 Å². The van der Waals surface area contributed by atoms with Crippen LogP contribution in [0.5, 0.6) is 0 Å². The van der Waals surface area contributed by atoms with Crippen LogP contribution < -0.4 is 10.6 Å². The smallest absolute Gasteiger partial charge is 0.243 e. The molecule has 2 aromatic rings. The molecule has 1 aliphatic heterocycles. The molecule has 0 saturated carbocycles. The molecule has 2 N–H and O–H groups in total. The van der Waals surface area contributed by atoms with Crippen LogP contribution in [-0.4, -0.2) is 38.8 Å². The lowest BCUT2D eigenvalue weighted by Gasteiger charge is -2.30. The van der Waals surface area contributed by atoms with Crippen molar-refractivity contribution < 1.29 is 8.42 Å². The molecule has 1 fully saturated rings. The molecule has 8 heteroatoms. The van der Waals surface area contributed by atoms with Gasteiger partial charge in [-0.15, -0.1) is 11.3 Å². The summed E-state index contributed by atoms with van der Waals surface area (Å²) in [5.74, 6) is 1.14. The maximum atomic E-state index is 12.9. The first-order chi connectivity index (χ1) is 13.9. The zero-order chi connectivity index (χ0) is 20.9. The summed E-state index contributed by atoms with van der Waals surface area (Å²) in [5, 5.41) is 8.68. The van der Waals surface area contributed by atoms with E-state index in [-0.39, 0.29) is 0 Å². The van der Waals surface area contributed by atoms with Gasteiger partial charge < -0.3 is 10.6 Å². The van der Waals surface area contributed by atoms with Gasteiger partial charge in [-0.3, -0.25) is 4.99 Å². The van der Waals surface area contributed by atoms with Crippen molar-refractivity contribution in [3.8, 4) is 0 Å². The van der Waals surface area contributed by atoms with E-state index in [1.165, 1.54) is 10.4 Å². The molecule has 1 aromatic heterocycles. The average molecular weight is 435 g/mol. The van der Waals surface area contributed by atoms with Gasteiger partial charge in [-0.2, -0.15) is 4.31 Å². The molecule has 0 amide bonds. The van der Waals surface area contributed by atoms with Crippen molar-refractivity contribution in [2.45, 2.75) is 44.7 Å². The van der Waals surface area contributed by atoms with E-state index >= 15 is 0 Å².